The second-order valence-electron chi connectivity index (χ2n) is 25.9. The molecule has 4 heterocycles. The molecule has 1 aliphatic heterocycles. The second-order valence-corrected chi connectivity index (χ2v) is 25.9. The van der Waals surface area contributed by atoms with Gasteiger partial charge in [-0.2, -0.15) is 0 Å². The van der Waals surface area contributed by atoms with Crippen LogP contribution in [-0.2, 0) is 30.4 Å². The maximum absolute atomic E-state index is 6.57. The van der Waals surface area contributed by atoms with Crippen molar-refractivity contribution >= 4 is 121 Å². The Kier molecular flexibility index (Phi) is 15.2. The van der Waals surface area contributed by atoms with Gasteiger partial charge in [-0.25, -0.2) is 15.0 Å². The minimum Gasteiger partial charge on any atom is -0.456 e. The normalized spacial score (nSPS) is 13.5. The summed E-state index contributed by atoms with van der Waals surface area (Å²) in [5.41, 5.74) is 13.2. The van der Waals surface area contributed by atoms with E-state index in [-0.39, 0.29) is 28.5 Å². The summed E-state index contributed by atoms with van der Waals surface area (Å²) in [4.78, 5) is 14.8. The molecule has 3 aromatic heterocycles. The topological polar surface area (TPSA) is 83.4 Å². The molecule has 1 fully saturated rings. The Morgan fingerprint density at radius 3 is 0.918 bits per heavy atom. The summed E-state index contributed by atoms with van der Waals surface area (Å²) >= 11 is 0. The SMILES string of the molecule is C.CC1(C)OB(c2cccc3oc4cccc(-c5ccc6c7ccccc7c7ccccc7c6c5)c4c23)OC1(C)C.[W].c1ccc(-c2nc(-c3ccccc3)nc(-c3ccc(-c4cccc5oc6cccc(-c7ccc8c9ccccc9c9ccccc9c8c7)c6c45)cc3)n2)cc1. The number of hydrogen-bond donors (Lipinski definition) is 0. The summed E-state index contributed by atoms with van der Waals surface area (Å²) in [6.07, 6.45) is 0. The Labute approximate surface area is 576 Å². The third kappa shape index (κ3) is 10.2. The third-order valence-electron chi connectivity index (χ3n) is 19.8. The van der Waals surface area contributed by atoms with E-state index in [4.69, 9.17) is 33.1 Å². The van der Waals surface area contributed by atoms with Gasteiger partial charge in [-0.15, -0.1) is 0 Å². The van der Waals surface area contributed by atoms with Crippen molar-refractivity contribution in [2.24, 2.45) is 0 Å². The van der Waals surface area contributed by atoms with E-state index in [0.29, 0.717) is 17.5 Å². The summed E-state index contributed by atoms with van der Waals surface area (Å²) in [6.45, 7) is 8.37. The van der Waals surface area contributed by atoms with Crippen molar-refractivity contribution in [3.8, 4) is 67.5 Å². The minimum absolute atomic E-state index is 0. The molecule has 18 aromatic rings. The van der Waals surface area contributed by atoms with Gasteiger partial charge in [0.25, 0.3) is 0 Å². The van der Waals surface area contributed by atoms with Crippen LogP contribution in [0.15, 0.2) is 300 Å². The van der Waals surface area contributed by atoms with Crippen molar-refractivity contribution in [2.45, 2.75) is 46.3 Å². The van der Waals surface area contributed by atoms with Gasteiger partial charge < -0.3 is 18.1 Å². The number of benzene rings is 15. The van der Waals surface area contributed by atoms with Crippen LogP contribution >= 0.6 is 0 Å². The molecule has 1 aliphatic rings. The van der Waals surface area contributed by atoms with Crippen molar-refractivity contribution in [3.05, 3.63) is 291 Å². The summed E-state index contributed by atoms with van der Waals surface area (Å²) in [6, 6.07) is 103. The average molecular weight is 1420 g/mol. The molecule has 9 heteroatoms. The number of hydrogen-bond acceptors (Lipinski definition) is 7. The predicted octanol–water partition coefficient (Wildman–Crippen LogP) is 23.2. The molecule has 0 N–H and O–H groups in total. The molecule has 0 radical (unpaired) electrons. The number of fused-ring (bicyclic) bond motifs is 18. The van der Waals surface area contributed by atoms with Gasteiger partial charge in [0.05, 0.1) is 11.2 Å². The van der Waals surface area contributed by atoms with Crippen LogP contribution in [0.1, 0.15) is 35.1 Å². The van der Waals surface area contributed by atoms with Gasteiger partial charge in [0, 0.05) is 59.3 Å². The van der Waals surface area contributed by atoms with Gasteiger partial charge in [0.1, 0.15) is 22.3 Å². The van der Waals surface area contributed by atoms with Crippen LogP contribution in [0.5, 0.6) is 0 Å². The van der Waals surface area contributed by atoms with Crippen molar-refractivity contribution in [3.63, 3.8) is 0 Å². The zero-order chi connectivity index (χ0) is 63.5. The van der Waals surface area contributed by atoms with Crippen molar-refractivity contribution in [1.82, 2.24) is 15.0 Å². The molecule has 15 aromatic carbocycles. The van der Waals surface area contributed by atoms with E-state index in [0.717, 1.165) is 99.4 Å². The Morgan fingerprint density at radius 1 is 0.258 bits per heavy atom. The molecule has 0 amide bonds. The first-order valence-electron chi connectivity index (χ1n) is 32.5. The molecule has 7 nitrogen and oxygen atoms in total. The quantitative estimate of drug-likeness (QED) is 0.116. The molecular weight excluding hydrogens is 1360 g/mol. The van der Waals surface area contributed by atoms with Crippen molar-refractivity contribution in [2.75, 3.05) is 0 Å². The zero-order valence-corrected chi connectivity index (χ0v) is 56.1. The van der Waals surface area contributed by atoms with E-state index < -0.39 is 18.3 Å². The van der Waals surface area contributed by atoms with Gasteiger partial charge >= 0.3 is 7.12 Å². The Balaban J connectivity index is 0.000000156. The van der Waals surface area contributed by atoms with Crippen LogP contribution in [0.3, 0.4) is 0 Å². The molecule has 0 saturated carbocycles. The second kappa shape index (κ2) is 24.1. The van der Waals surface area contributed by atoms with Crippen LogP contribution in [0.25, 0.3) is 176 Å². The summed E-state index contributed by atoms with van der Waals surface area (Å²) in [7, 11) is -0.477. The predicted molar refractivity (Wildman–Crippen MR) is 401 cm³/mol. The fourth-order valence-corrected chi connectivity index (χ4v) is 14.5. The van der Waals surface area contributed by atoms with Gasteiger partial charge in [0.2, 0.25) is 0 Å². The number of aromatic nitrogens is 3. The van der Waals surface area contributed by atoms with Crippen molar-refractivity contribution < 1.29 is 39.2 Å². The fourth-order valence-electron chi connectivity index (χ4n) is 14.5. The molecule has 1 saturated heterocycles. The Hall–Kier alpha value is -10.9. The Morgan fingerprint density at radius 2 is 0.536 bits per heavy atom. The maximum atomic E-state index is 6.57. The third-order valence-corrected chi connectivity index (χ3v) is 19.8. The van der Waals surface area contributed by atoms with Gasteiger partial charge in [-0.05, 0) is 168 Å². The zero-order valence-electron chi connectivity index (χ0n) is 53.2. The Bertz CT molecular complexity index is 5980. The fraction of sp³-hybridized carbons (Fsp3) is 0.0795. The monoisotopic (exact) mass is 1420 g/mol. The summed E-state index contributed by atoms with van der Waals surface area (Å²) in [5, 5.41) is 19.5. The van der Waals surface area contributed by atoms with E-state index in [2.05, 4.69) is 246 Å². The van der Waals surface area contributed by atoms with Crippen LogP contribution < -0.4 is 5.46 Å². The molecule has 0 spiro atoms. The largest absolute Gasteiger partial charge is 0.495 e. The first kappa shape index (κ1) is 61.0. The standard InChI is InChI=1S/C51H31N3O.C36H29BO3.CH4.W/c1-3-13-33(14-4-1)49-52-50(34-15-5-2-6-16-34)54-51(53-49)35-27-25-32(26-28-35)37-21-11-23-45-47(37)48-38(22-12-24-46(48)55-45)36-29-30-43-41-19-8-7-17-39(41)40-18-9-10-20-42(40)44(43)31-36;1-35(2)36(3,4)40-37(39-35)30-16-10-18-32-34(30)33-23(15-9-17-31(33)38-32)22-19-20-28-26-13-6-5-11-24(26)25-12-7-8-14-27(25)29(28)21-22;;/h1-31H;5-21H,1-4H3;1H4;. The van der Waals surface area contributed by atoms with E-state index in [1.807, 2.05) is 72.8 Å². The number of furan rings is 2. The van der Waals surface area contributed by atoms with Crippen LogP contribution in [0.4, 0.5) is 0 Å². The van der Waals surface area contributed by atoms with Gasteiger partial charge in [0.15, 0.2) is 17.5 Å². The summed E-state index contributed by atoms with van der Waals surface area (Å²) < 4.78 is 26.0. The molecule has 0 bridgehead atoms. The van der Waals surface area contributed by atoms with E-state index >= 15 is 0 Å². The van der Waals surface area contributed by atoms with Crippen molar-refractivity contribution in [1.29, 1.82) is 0 Å². The van der Waals surface area contributed by atoms with Crippen LogP contribution in [0.2, 0.25) is 0 Å². The number of nitrogens with zero attached hydrogens (tertiary/aromatic N) is 3. The first-order valence-corrected chi connectivity index (χ1v) is 32.5. The molecule has 0 unspecified atom stereocenters. The molecule has 0 atom stereocenters. The van der Waals surface area contributed by atoms with E-state index in [1.54, 1.807) is 0 Å². The average Bonchev–Trinajstić information content (AvgIpc) is 1.60. The van der Waals surface area contributed by atoms with Gasteiger partial charge in [-0.1, -0.05) is 262 Å². The number of rotatable bonds is 7. The first-order chi connectivity index (χ1) is 46.6. The summed E-state index contributed by atoms with van der Waals surface area (Å²) in [5.74, 6) is 1.92. The smallest absolute Gasteiger partial charge is 0.456 e. The van der Waals surface area contributed by atoms with Gasteiger partial charge in [-0.3, -0.25) is 0 Å². The molecule has 0 aliphatic carbocycles. The molecule has 19 rings (SSSR count). The van der Waals surface area contributed by atoms with E-state index in [1.165, 1.54) is 64.6 Å². The minimum atomic E-state index is -0.477. The van der Waals surface area contributed by atoms with E-state index in [9.17, 15) is 0 Å². The van der Waals surface area contributed by atoms with Crippen LogP contribution in [0, 0.1) is 0 Å². The molecular formula is C88H64BN3O4W. The maximum Gasteiger partial charge on any atom is 0.495 e. The molecule has 97 heavy (non-hydrogen) atoms. The molecule has 464 valence electrons. The van der Waals surface area contributed by atoms with Crippen LogP contribution in [-0.4, -0.2) is 33.3 Å².